The number of rotatable bonds is 4. The van der Waals surface area contributed by atoms with E-state index in [4.69, 9.17) is 0 Å². The number of aliphatic carboxylic acids is 2. The summed E-state index contributed by atoms with van der Waals surface area (Å²) in [6, 6.07) is 0. The van der Waals surface area contributed by atoms with Crippen molar-refractivity contribution in [3.05, 3.63) is 0 Å². The molecule has 0 fully saturated rings. The molecule has 0 unspecified atom stereocenters. The molecule has 16 heavy (non-hydrogen) atoms. The van der Waals surface area contributed by atoms with Crippen LogP contribution in [0.15, 0.2) is 0 Å². The van der Waals surface area contributed by atoms with Gasteiger partial charge in [0.25, 0.3) is 0 Å². The maximum atomic E-state index is 9.83. The van der Waals surface area contributed by atoms with Crippen molar-refractivity contribution in [2.45, 2.75) is 32.5 Å². The number of carboxylic acids is 2. The van der Waals surface area contributed by atoms with Gasteiger partial charge in [-0.15, -0.1) is 0 Å². The van der Waals surface area contributed by atoms with Gasteiger partial charge in [-0.2, -0.15) is 0 Å². The Hall–Kier alpha value is -1.19. The zero-order valence-corrected chi connectivity index (χ0v) is 10.6. The first-order chi connectivity index (χ1) is 7.25. The van der Waals surface area contributed by atoms with Crippen LogP contribution in [-0.2, 0) is 19.2 Å². The topological polar surface area (TPSA) is 114 Å². The molecular weight excluding hydrogens is 231 g/mol. The van der Waals surface area contributed by atoms with Crippen LogP contribution in [0.25, 0.3) is 0 Å². The SMILES string of the molecule is CC(=O)CC(=O)[O-].CC(=O)CC(=O)[O-].[CH3][Al+2]. The molecule has 0 radical (unpaired) electrons. The van der Waals surface area contributed by atoms with Gasteiger partial charge in [0.2, 0.25) is 0 Å². The van der Waals surface area contributed by atoms with Gasteiger partial charge in [0.1, 0.15) is 11.6 Å². The van der Waals surface area contributed by atoms with E-state index in [0.717, 1.165) is 0 Å². The van der Waals surface area contributed by atoms with E-state index in [2.05, 4.69) is 16.3 Å². The summed E-state index contributed by atoms with van der Waals surface area (Å²) in [5, 5.41) is 19.0. The number of carboxylic acid groups (broad SMARTS) is 2. The fourth-order valence-corrected chi connectivity index (χ4v) is 0.407. The van der Waals surface area contributed by atoms with Gasteiger partial charge in [-0.3, -0.25) is 9.59 Å². The molecule has 0 rings (SSSR count). The van der Waals surface area contributed by atoms with Crippen LogP contribution in [0, 0.1) is 0 Å². The summed E-state index contributed by atoms with van der Waals surface area (Å²) in [5.74, 6) is -1.46. The van der Waals surface area contributed by atoms with Crippen LogP contribution < -0.4 is 10.2 Å². The minimum absolute atomic E-state index is 0.375. The van der Waals surface area contributed by atoms with Crippen molar-refractivity contribution >= 4 is 39.8 Å². The fourth-order valence-electron chi connectivity index (χ4n) is 0.407. The second-order valence-electron chi connectivity index (χ2n) is 2.50. The summed E-state index contributed by atoms with van der Waals surface area (Å²) < 4.78 is 0. The third-order valence-electron chi connectivity index (χ3n) is 0.787. The standard InChI is InChI=1S/2C4H6O3.CH3.Al/c2*1-3(5)2-4(6)7;;/h2*2H2,1H3,(H,6,7);1H3;/q;;;+2/p-2. The number of carbonyl (C=O) groups is 4. The molecule has 0 spiro atoms. The molecule has 0 heterocycles. The fraction of sp³-hybridized carbons (Fsp3) is 0.556. The van der Waals surface area contributed by atoms with E-state index in [1.165, 1.54) is 13.8 Å². The first kappa shape index (κ1) is 20.3. The van der Waals surface area contributed by atoms with Crippen molar-refractivity contribution in [2.75, 3.05) is 0 Å². The Morgan fingerprint density at radius 3 is 1.00 bits per heavy atom. The quantitative estimate of drug-likeness (QED) is 0.403. The molecule has 7 heteroatoms. The van der Waals surface area contributed by atoms with E-state index in [0.29, 0.717) is 0 Å². The molecule has 6 nitrogen and oxygen atoms in total. The van der Waals surface area contributed by atoms with Crippen molar-refractivity contribution in [1.82, 2.24) is 0 Å². The van der Waals surface area contributed by atoms with Crippen molar-refractivity contribution < 1.29 is 29.4 Å². The number of Topliss-reactive ketones (excluding diaryl/α,β-unsaturated/α-hetero) is 2. The first-order valence-electron chi connectivity index (χ1n) is 4.22. The number of hydrogen-bond donors (Lipinski definition) is 0. The van der Waals surface area contributed by atoms with Gasteiger partial charge in [0.15, 0.2) is 0 Å². The Morgan fingerprint density at radius 1 is 0.812 bits per heavy atom. The van der Waals surface area contributed by atoms with Crippen molar-refractivity contribution in [2.24, 2.45) is 0 Å². The molecule has 0 amide bonds. The Balaban J connectivity index is -0.000000183. The normalized spacial score (nSPS) is 7.56. The van der Waals surface area contributed by atoms with E-state index >= 15 is 0 Å². The zero-order valence-electron chi connectivity index (χ0n) is 9.44. The average molecular weight is 244 g/mol. The Kier molecular flexibility index (Phi) is 17.5. The second-order valence-corrected chi connectivity index (χ2v) is 2.50. The van der Waals surface area contributed by atoms with Gasteiger partial charge >= 0.3 is 22.1 Å². The van der Waals surface area contributed by atoms with Crippen LogP contribution in [0.5, 0.6) is 0 Å². The third-order valence-corrected chi connectivity index (χ3v) is 0.787. The summed E-state index contributed by atoms with van der Waals surface area (Å²) in [4.78, 5) is 38.6. The first-order valence-corrected chi connectivity index (χ1v) is 5.37. The Morgan fingerprint density at radius 2 is 1.00 bits per heavy atom. The molecular formula is C9H13AlO6. The number of hydrogen-bond acceptors (Lipinski definition) is 6. The van der Waals surface area contributed by atoms with Gasteiger partial charge in [-0.1, -0.05) is 0 Å². The van der Waals surface area contributed by atoms with Gasteiger partial charge in [0.05, 0.1) is 0 Å². The third kappa shape index (κ3) is 38.5. The molecule has 0 aromatic heterocycles. The van der Waals surface area contributed by atoms with Crippen molar-refractivity contribution in [3.8, 4) is 0 Å². The van der Waals surface area contributed by atoms with Crippen LogP contribution in [0.4, 0.5) is 0 Å². The summed E-state index contributed by atoms with van der Waals surface area (Å²) in [6.45, 7) is 2.41. The molecule has 0 saturated heterocycles. The monoisotopic (exact) mass is 244 g/mol. The molecule has 0 atom stereocenters. The molecule has 0 bridgehead atoms. The van der Waals surface area contributed by atoms with E-state index in [9.17, 15) is 29.4 Å². The van der Waals surface area contributed by atoms with Crippen molar-refractivity contribution in [1.29, 1.82) is 0 Å². The van der Waals surface area contributed by atoms with Gasteiger partial charge in [0, 0.05) is 24.8 Å². The molecule has 0 aliphatic rings. The van der Waals surface area contributed by atoms with Crippen LogP contribution >= 0.6 is 0 Å². The molecule has 0 aromatic rings. The van der Waals surface area contributed by atoms with Crippen LogP contribution in [-0.4, -0.2) is 39.8 Å². The molecule has 0 N–H and O–H groups in total. The van der Waals surface area contributed by atoms with Crippen LogP contribution in [0.3, 0.4) is 0 Å². The molecule has 0 aliphatic carbocycles. The summed E-state index contributed by atoms with van der Waals surface area (Å²) in [5.41, 5.74) is 0. The molecule has 0 saturated carbocycles. The number of ketones is 2. The molecule has 0 aromatic carbocycles. The number of carbonyl (C=O) groups excluding carboxylic acids is 4. The predicted molar refractivity (Wildman–Crippen MR) is 52.2 cm³/mol. The Bertz CT molecular complexity index is 198. The Labute approximate surface area is 102 Å². The van der Waals surface area contributed by atoms with Gasteiger partial charge in [-0.25, -0.2) is 0 Å². The minimum atomic E-state index is -1.31. The van der Waals surface area contributed by atoms with Crippen LogP contribution in [0.2, 0.25) is 5.79 Å². The van der Waals surface area contributed by atoms with Crippen molar-refractivity contribution in [3.63, 3.8) is 0 Å². The van der Waals surface area contributed by atoms with Crippen LogP contribution in [0.1, 0.15) is 26.7 Å². The van der Waals surface area contributed by atoms with Gasteiger partial charge in [-0.05, 0) is 13.8 Å². The molecule has 88 valence electrons. The molecule has 0 aliphatic heterocycles. The summed E-state index contributed by atoms with van der Waals surface area (Å²) >= 11 is 2.42. The second kappa shape index (κ2) is 13.8. The van der Waals surface area contributed by atoms with E-state index < -0.39 is 24.8 Å². The average Bonchev–Trinajstić information content (AvgIpc) is 2.03. The summed E-state index contributed by atoms with van der Waals surface area (Å²) in [7, 11) is 0. The maximum absolute atomic E-state index is 9.83. The summed E-state index contributed by atoms with van der Waals surface area (Å²) in [6.07, 6.45) is -0.944. The van der Waals surface area contributed by atoms with E-state index in [1.54, 1.807) is 0 Å². The predicted octanol–water partition coefficient (Wildman–Crippen LogP) is -2.37. The van der Waals surface area contributed by atoms with E-state index in [-0.39, 0.29) is 11.6 Å². The van der Waals surface area contributed by atoms with E-state index in [1.807, 2.05) is 5.79 Å². The zero-order chi connectivity index (χ0) is 13.7. The van der Waals surface area contributed by atoms with Gasteiger partial charge < -0.3 is 19.8 Å².